The summed E-state index contributed by atoms with van der Waals surface area (Å²) in [4.78, 5) is 26.7. The first-order chi connectivity index (χ1) is 11.6. The van der Waals surface area contributed by atoms with Crippen LogP contribution in [-0.2, 0) is 16.0 Å². The van der Waals surface area contributed by atoms with Crippen molar-refractivity contribution in [3.05, 3.63) is 70.2 Å². The molecule has 0 spiro atoms. The van der Waals surface area contributed by atoms with E-state index in [2.05, 4.69) is 0 Å². The van der Waals surface area contributed by atoms with Gasteiger partial charge >= 0.3 is 5.97 Å². The minimum atomic E-state index is -0.666. The highest BCUT2D eigenvalue weighted by atomic mass is 35.5. The van der Waals surface area contributed by atoms with Gasteiger partial charge in [-0.15, -0.1) is 0 Å². The van der Waals surface area contributed by atoms with Crippen LogP contribution < -0.4 is 0 Å². The Bertz CT molecular complexity index is 757. The summed E-state index contributed by atoms with van der Waals surface area (Å²) in [5, 5.41) is 0.674. The maximum atomic E-state index is 12.7. The standard InChI is InChI=1S/C19H18ClNO3/c1-2-24-19(23)17-15-5-3-4-6-16(15)18(22)21(17)12-11-13-7-9-14(20)10-8-13/h3-10,17H,2,11-12H2,1H3. The molecule has 1 aliphatic heterocycles. The van der Waals surface area contributed by atoms with Crippen molar-refractivity contribution in [2.75, 3.05) is 13.2 Å². The summed E-state index contributed by atoms with van der Waals surface area (Å²) in [5.74, 6) is -0.510. The van der Waals surface area contributed by atoms with Crippen LogP contribution in [0.1, 0.15) is 34.5 Å². The molecule has 1 amide bonds. The van der Waals surface area contributed by atoms with Crippen molar-refractivity contribution in [1.82, 2.24) is 4.90 Å². The van der Waals surface area contributed by atoms with Crippen LogP contribution in [-0.4, -0.2) is 29.9 Å². The highest BCUT2D eigenvalue weighted by molar-refractivity contribution is 6.30. The van der Waals surface area contributed by atoms with Crippen LogP contribution in [0.4, 0.5) is 0 Å². The molecular formula is C19H18ClNO3. The Labute approximate surface area is 146 Å². The van der Waals surface area contributed by atoms with E-state index in [1.165, 1.54) is 0 Å². The number of carbonyl (C=O) groups excluding carboxylic acids is 2. The molecule has 0 saturated heterocycles. The molecule has 24 heavy (non-hydrogen) atoms. The van der Waals surface area contributed by atoms with Crippen LogP contribution in [0.15, 0.2) is 48.5 Å². The number of hydrogen-bond acceptors (Lipinski definition) is 3. The monoisotopic (exact) mass is 343 g/mol. The van der Waals surface area contributed by atoms with Crippen LogP contribution >= 0.6 is 11.6 Å². The first kappa shape index (κ1) is 16.5. The number of halogens is 1. The number of carbonyl (C=O) groups is 2. The van der Waals surface area contributed by atoms with Gasteiger partial charge in [-0.25, -0.2) is 4.79 Å². The predicted octanol–water partition coefficient (Wildman–Crippen LogP) is 3.64. The average molecular weight is 344 g/mol. The van der Waals surface area contributed by atoms with Gasteiger partial charge < -0.3 is 9.64 Å². The minimum Gasteiger partial charge on any atom is -0.464 e. The first-order valence-electron chi connectivity index (χ1n) is 7.92. The summed E-state index contributed by atoms with van der Waals surface area (Å²) in [5.41, 5.74) is 2.36. The molecule has 2 aromatic rings. The zero-order chi connectivity index (χ0) is 17.1. The molecule has 0 N–H and O–H groups in total. The summed E-state index contributed by atoms with van der Waals surface area (Å²) in [6, 6.07) is 14.0. The Balaban J connectivity index is 1.83. The van der Waals surface area contributed by atoms with E-state index in [9.17, 15) is 9.59 Å². The lowest BCUT2D eigenvalue weighted by molar-refractivity contribution is -0.148. The van der Waals surface area contributed by atoms with Gasteiger partial charge in [0.1, 0.15) is 0 Å². The van der Waals surface area contributed by atoms with E-state index < -0.39 is 6.04 Å². The normalized spacial score (nSPS) is 16.2. The molecule has 2 aromatic carbocycles. The fourth-order valence-electron chi connectivity index (χ4n) is 2.98. The number of esters is 1. The maximum Gasteiger partial charge on any atom is 0.333 e. The zero-order valence-corrected chi connectivity index (χ0v) is 14.1. The molecule has 0 bridgehead atoms. The predicted molar refractivity (Wildman–Crippen MR) is 92.0 cm³/mol. The third-order valence-electron chi connectivity index (χ3n) is 4.12. The van der Waals surface area contributed by atoms with E-state index >= 15 is 0 Å². The summed E-state index contributed by atoms with van der Waals surface area (Å²) < 4.78 is 5.18. The van der Waals surface area contributed by atoms with Gasteiger partial charge in [-0.1, -0.05) is 41.9 Å². The zero-order valence-electron chi connectivity index (χ0n) is 13.4. The second-order valence-electron chi connectivity index (χ2n) is 5.62. The van der Waals surface area contributed by atoms with Crippen molar-refractivity contribution in [2.45, 2.75) is 19.4 Å². The number of benzene rings is 2. The van der Waals surface area contributed by atoms with Crippen LogP contribution in [0.3, 0.4) is 0 Å². The van der Waals surface area contributed by atoms with E-state index in [1.54, 1.807) is 17.9 Å². The Morgan fingerprint density at radius 1 is 1.17 bits per heavy atom. The lowest BCUT2D eigenvalue weighted by atomic mass is 10.0. The van der Waals surface area contributed by atoms with Gasteiger partial charge in [-0.05, 0) is 42.7 Å². The van der Waals surface area contributed by atoms with Crippen molar-refractivity contribution in [1.29, 1.82) is 0 Å². The van der Waals surface area contributed by atoms with Gasteiger partial charge in [0.25, 0.3) is 5.91 Å². The topological polar surface area (TPSA) is 46.6 Å². The molecule has 4 nitrogen and oxygen atoms in total. The number of amides is 1. The van der Waals surface area contributed by atoms with Gasteiger partial charge in [0, 0.05) is 17.1 Å². The molecule has 1 heterocycles. The smallest absolute Gasteiger partial charge is 0.333 e. The molecule has 1 atom stereocenters. The number of ether oxygens (including phenoxy) is 1. The third-order valence-corrected chi connectivity index (χ3v) is 4.37. The second kappa shape index (κ2) is 7.05. The maximum absolute atomic E-state index is 12.7. The largest absolute Gasteiger partial charge is 0.464 e. The van der Waals surface area contributed by atoms with Gasteiger partial charge in [0.15, 0.2) is 6.04 Å². The fourth-order valence-corrected chi connectivity index (χ4v) is 3.10. The molecule has 0 saturated carbocycles. The van der Waals surface area contributed by atoms with Crippen molar-refractivity contribution in [2.24, 2.45) is 0 Å². The van der Waals surface area contributed by atoms with E-state index in [1.807, 2.05) is 42.5 Å². The van der Waals surface area contributed by atoms with Crippen LogP contribution in [0.5, 0.6) is 0 Å². The fraction of sp³-hybridized carbons (Fsp3) is 0.263. The highest BCUT2D eigenvalue weighted by Crippen LogP contribution is 2.34. The molecule has 1 aliphatic rings. The van der Waals surface area contributed by atoms with E-state index in [0.29, 0.717) is 23.6 Å². The lowest BCUT2D eigenvalue weighted by Crippen LogP contribution is -2.35. The van der Waals surface area contributed by atoms with Crippen LogP contribution in [0.2, 0.25) is 5.02 Å². The Morgan fingerprint density at radius 2 is 1.88 bits per heavy atom. The number of rotatable bonds is 5. The highest BCUT2D eigenvalue weighted by Gasteiger charge is 2.41. The molecule has 3 rings (SSSR count). The Morgan fingerprint density at radius 3 is 2.58 bits per heavy atom. The molecular weight excluding hydrogens is 326 g/mol. The summed E-state index contributed by atoms with van der Waals surface area (Å²) in [6.45, 7) is 2.49. The molecule has 0 aromatic heterocycles. The van der Waals surface area contributed by atoms with Gasteiger partial charge in [-0.3, -0.25) is 4.79 Å². The SMILES string of the molecule is CCOC(=O)C1c2ccccc2C(=O)N1CCc1ccc(Cl)cc1. The Kier molecular flexibility index (Phi) is 4.86. The van der Waals surface area contributed by atoms with E-state index in [-0.39, 0.29) is 18.5 Å². The molecule has 1 unspecified atom stereocenters. The molecule has 0 fully saturated rings. The van der Waals surface area contributed by atoms with Crippen molar-refractivity contribution in [3.8, 4) is 0 Å². The average Bonchev–Trinajstić information content (AvgIpc) is 2.87. The van der Waals surface area contributed by atoms with Gasteiger partial charge in [0.2, 0.25) is 0 Å². The number of hydrogen-bond donors (Lipinski definition) is 0. The van der Waals surface area contributed by atoms with Crippen LogP contribution in [0, 0.1) is 0 Å². The number of nitrogens with zero attached hydrogens (tertiary/aromatic N) is 1. The molecule has 0 aliphatic carbocycles. The van der Waals surface area contributed by atoms with Crippen molar-refractivity contribution >= 4 is 23.5 Å². The third kappa shape index (κ3) is 3.15. The van der Waals surface area contributed by atoms with Crippen LogP contribution in [0.25, 0.3) is 0 Å². The molecule has 124 valence electrons. The van der Waals surface area contributed by atoms with Crippen molar-refractivity contribution in [3.63, 3.8) is 0 Å². The summed E-state index contributed by atoms with van der Waals surface area (Å²) in [6.07, 6.45) is 0.646. The minimum absolute atomic E-state index is 0.127. The lowest BCUT2D eigenvalue weighted by Gasteiger charge is -2.23. The number of fused-ring (bicyclic) bond motifs is 1. The first-order valence-corrected chi connectivity index (χ1v) is 8.30. The Hall–Kier alpha value is -2.33. The quantitative estimate of drug-likeness (QED) is 0.779. The second-order valence-corrected chi connectivity index (χ2v) is 6.05. The van der Waals surface area contributed by atoms with E-state index in [4.69, 9.17) is 16.3 Å². The molecule has 0 radical (unpaired) electrons. The van der Waals surface area contributed by atoms with Gasteiger partial charge in [-0.2, -0.15) is 0 Å². The van der Waals surface area contributed by atoms with Gasteiger partial charge in [0.05, 0.1) is 6.61 Å². The summed E-state index contributed by atoms with van der Waals surface area (Å²) in [7, 11) is 0. The van der Waals surface area contributed by atoms with Crippen molar-refractivity contribution < 1.29 is 14.3 Å². The molecule has 5 heteroatoms. The summed E-state index contributed by atoms with van der Waals surface area (Å²) >= 11 is 5.90. The van der Waals surface area contributed by atoms with E-state index in [0.717, 1.165) is 11.1 Å².